The zero-order valence-electron chi connectivity index (χ0n) is 14.3. The molecule has 0 amide bonds. The van der Waals surface area contributed by atoms with Gasteiger partial charge in [0.15, 0.2) is 11.5 Å². The summed E-state index contributed by atoms with van der Waals surface area (Å²) in [7, 11) is 1.74. The van der Waals surface area contributed by atoms with Gasteiger partial charge in [-0.25, -0.2) is 0 Å². The van der Waals surface area contributed by atoms with Crippen LogP contribution in [0.15, 0.2) is 0 Å². The molecule has 23 heavy (non-hydrogen) atoms. The first-order chi connectivity index (χ1) is 11.2. The van der Waals surface area contributed by atoms with E-state index in [2.05, 4.69) is 24.1 Å². The summed E-state index contributed by atoms with van der Waals surface area (Å²) in [6.07, 6.45) is 2.26. The van der Waals surface area contributed by atoms with Gasteiger partial charge in [-0.05, 0) is 13.8 Å². The average molecular weight is 318 g/mol. The maximum absolute atomic E-state index is 6.20. The fraction of sp³-hybridized carbons (Fsp3) is 0.667. The van der Waals surface area contributed by atoms with Crippen molar-refractivity contribution in [1.29, 1.82) is 0 Å². The second kappa shape index (κ2) is 5.87. The molecule has 0 radical (unpaired) electrons. The average Bonchev–Trinajstić information content (AvgIpc) is 3.11. The Bertz CT molecular complexity index is 572. The maximum atomic E-state index is 6.20. The third kappa shape index (κ3) is 2.56. The van der Waals surface area contributed by atoms with Gasteiger partial charge in [-0.1, -0.05) is 0 Å². The first kappa shape index (κ1) is 15.1. The topological polar surface area (TPSA) is 43.0 Å². The molecular weight excluding hydrogens is 292 g/mol. The summed E-state index contributed by atoms with van der Waals surface area (Å²) < 4.78 is 18.0. The lowest BCUT2D eigenvalue weighted by Gasteiger charge is -2.28. The van der Waals surface area contributed by atoms with Crippen LogP contribution in [-0.2, 0) is 19.4 Å². The number of hydrogen-bond donors (Lipinski definition) is 1. The first-order valence-corrected chi connectivity index (χ1v) is 8.68. The predicted molar refractivity (Wildman–Crippen MR) is 88.7 cm³/mol. The molecule has 126 valence electrons. The number of fused-ring (bicyclic) bond motifs is 2. The molecule has 0 saturated carbocycles. The Kier molecular flexibility index (Phi) is 3.85. The summed E-state index contributed by atoms with van der Waals surface area (Å²) >= 11 is 0. The van der Waals surface area contributed by atoms with Gasteiger partial charge in [-0.15, -0.1) is 0 Å². The van der Waals surface area contributed by atoms with Crippen molar-refractivity contribution >= 4 is 0 Å². The molecule has 0 spiro atoms. The zero-order chi connectivity index (χ0) is 16.0. The molecule has 1 N–H and O–H groups in total. The van der Waals surface area contributed by atoms with Gasteiger partial charge in [0.1, 0.15) is 18.0 Å². The molecule has 1 saturated heterocycles. The Balaban J connectivity index is 1.78. The lowest BCUT2D eigenvalue weighted by molar-refractivity contribution is 0.220. The predicted octanol–water partition coefficient (Wildman–Crippen LogP) is 1.75. The van der Waals surface area contributed by atoms with E-state index in [-0.39, 0.29) is 12.2 Å². The van der Waals surface area contributed by atoms with E-state index in [9.17, 15) is 0 Å². The molecular formula is C18H26N2O3. The lowest BCUT2D eigenvalue weighted by atomic mass is 9.96. The van der Waals surface area contributed by atoms with Crippen molar-refractivity contribution in [2.45, 2.75) is 45.4 Å². The van der Waals surface area contributed by atoms with Crippen LogP contribution in [0.5, 0.6) is 17.2 Å². The minimum atomic E-state index is 0.209. The second-order valence-corrected chi connectivity index (χ2v) is 6.92. The molecule has 0 bridgehead atoms. The summed E-state index contributed by atoms with van der Waals surface area (Å²) in [4.78, 5) is 2.51. The molecule has 1 aromatic carbocycles. The molecule has 0 aliphatic carbocycles. The van der Waals surface area contributed by atoms with Crippen molar-refractivity contribution in [2.24, 2.45) is 0 Å². The van der Waals surface area contributed by atoms with Crippen LogP contribution in [0.1, 0.15) is 30.5 Å². The minimum absolute atomic E-state index is 0.209. The van der Waals surface area contributed by atoms with Gasteiger partial charge in [-0.2, -0.15) is 0 Å². The van der Waals surface area contributed by atoms with Gasteiger partial charge in [0, 0.05) is 62.3 Å². The van der Waals surface area contributed by atoms with Crippen molar-refractivity contribution < 1.29 is 14.2 Å². The van der Waals surface area contributed by atoms with Crippen LogP contribution < -0.4 is 19.5 Å². The van der Waals surface area contributed by atoms with Crippen LogP contribution in [0.3, 0.4) is 0 Å². The number of ether oxygens (including phenoxy) is 3. The second-order valence-electron chi connectivity index (χ2n) is 6.92. The van der Waals surface area contributed by atoms with Crippen LogP contribution in [0.2, 0.25) is 0 Å². The number of methoxy groups -OCH3 is 1. The number of benzene rings is 1. The Hall–Kier alpha value is -1.46. The van der Waals surface area contributed by atoms with E-state index in [4.69, 9.17) is 14.2 Å². The molecule has 1 fully saturated rings. The summed E-state index contributed by atoms with van der Waals surface area (Å²) in [5.41, 5.74) is 3.81. The quantitative estimate of drug-likeness (QED) is 0.920. The van der Waals surface area contributed by atoms with Crippen LogP contribution >= 0.6 is 0 Å². The minimum Gasteiger partial charge on any atom is -0.492 e. The molecule has 3 aliphatic rings. The zero-order valence-corrected chi connectivity index (χ0v) is 14.3. The maximum Gasteiger partial charge on any atom is 0.168 e. The van der Waals surface area contributed by atoms with E-state index >= 15 is 0 Å². The molecule has 0 aromatic heterocycles. The highest BCUT2D eigenvalue weighted by Crippen LogP contribution is 2.51. The molecule has 3 aliphatic heterocycles. The monoisotopic (exact) mass is 318 g/mol. The van der Waals surface area contributed by atoms with Crippen LogP contribution in [0, 0.1) is 0 Å². The van der Waals surface area contributed by atoms with Crippen LogP contribution in [-0.4, -0.2) is 50.4 Å². The molecule has 2 unspecified atom stereocenters. The van der Waals surface area contributed by atoms with E-state index in [1.54, 1.807) is 7.11 Å². The van der Waals surface area contributed by atoms with E-state index in [0.717, 1.165) is 62.8 Å². The Morgan fingerprint density at radius 2 is 1.70 bits per heavy atom. The molecule has 3 heterocycles. The van der Waals surface area contributed by atoms with E-state index < -0.39 is 0 Å². The Labute approximate surface area is 137 Å². The van der Waals surface area contributed by atoms with Crippen molar-refractivity contribution in [3.8, 4) is 17.2 Å². The number of hydrogen-bond acceptors (Lipinski definition) is 5. The molecule has 5 nitrogen and oxygen atoms in total. The summed E-state index contributed by atoms with van der Waals surface area (Å²) in [5, 5.41) is 3.42. The third-order valence-corrected chi connectivity index (χ3v) is 5.08. The Morgan fingerprint density at radius 1 is 1.04 bits per heavy atom. The van der Waals surface area contributed by atoms with Crippen molar-refractivity contribution in [3.63, 3.8) is 0 Å². The summed E-state index contributed by atoms with van der Waals surface area (Å²) in [6.45, 7) is 9.49. The number of nitrogens with one attached hydrogen (secondary N) is 1. The largest absolute Gasteiger partial charge is 0.492 e. The molecule has 5 heteroatoms. The standard InChI is InChI=1S/C18H26N2O3/c1-11-8-13-15(10-20-6-4-19-5-7-20)16-14(9-12(2)22-16)17(21-3)18(13)23-11/h11-12,19H,4-10H2,1-3H3. The summed E-state index contributed by atoms with van der Waals surface area (Å²) in [6, 6.07) is 0. The van der Waals surface area contributed by atoms with Crippen molar-refractivity contribution in [3.05, 3.63) is 16.7 Å². The Morgan fingerprint density at radius 3 is 2.39 bits per heavy atom. The van der Waals surface area contributed by atoms with Gasteiger partial charge >= 0.3 is 0 Å². The van der Waals surface area contributed by atoms with Crippen LogP contribution in [0.4, 0.5) is 0 Å². The van der Waals surface area contributed by atoms with Gasteiger partial charge < -0.3 is 19.5 Å². The van der Waals surface area contributed by atoms with E-state index in [0.29, 0.717) is 0 Å². The highest BCUT2D eigenvalue weighted by Gasteiger charge is 2.36. The van der Waals surface area contributed by atoms with Gasteiger partial charge in [0.2, 0.25) is 0 Å². The van der Waals surface area contributed by atoms with Crippen molar-refractivity contribution in [2.75, 3.05) is 33.3 Å². The van der Waals surface area contributed by atoms with E-state index in [1.807, 2.05) is 0 Å². The first-order valence-electron chi connectivity index (χ1n) is 8.68. The molecule has 2 atom stereocenters. The lowest BCUT2D eigenvalue weighted by Crippen LogP contribution is -2.43. The van der Waals surface area contributed by atoms with E-state index in [1.165, 1.54) is 16.7 Å². The highest BCUT2D eigenvalue weighted by molar-refractivity contribution is 5.66. The SMILES string of the molecule is COc1c2c(c(CN3CCNCC3)c3c1OC(C)C3)OC(C)C2. The number of nitrogens with zero attached hydrogens (tertiary/aromatic N) is 1. The van der Waals surface area contributed by atoms with Crippen LogP contribution in [0.25, 0.3) is 0 Å². The fourth-order valence-electron chi connectivity index (χ4n) is 4.04. The smallest absolute Gasteiger partial charge is 0.168 e. The summed E-state index contributed by atoms with van der Waals surface area (Å²) in [5.74, 6) is 2.92. The van der Waals surface area contributed by atoms with Crippen molar-refractivity contribution in [1.82, 2.24) is 10.2 Å². The molecule has 1 aromatic rings. The third-order valence-electron chi connectivity index (χ3n) is 5.08. The number of rotatable bonds is 3. The fourth-order valence-corrected chi connectivity index (χ4v) is 4.04. The highest BCUT2D eigenvalue weighted by atomic mass is 16.5. The van der Waals surface area contributed by atoms with Gasteiger partial charge in [0.25, 0.3) is 0 Å². The van der Waals surface area contributed by atoms with Gasteiger partial charge in [0.05, 0.1) is 7.11 Å². The molecule has 4 rings (SSSR count). The normalized spacial score (nSPS) is 26.4. The number of piperazine rings is 1. The van der Waals surface area contributed by atoms with Gasteiger partial charge in [-0.3, -0.25) is 4.90 Å².